The van der Waals surface area contributed by atoms with Crippen LogP contribution in [0.4, 0.5) is 0 Å². The SMILES string of the molecule is Cc1ccc(Oc2ncccc2CNC(=O)c2cnc3c(c2)nnn3C)cn1. The molecule has 4 heterocycles. The summed E-state index contributed by atoms with van der Waals surface area (Å²) in [6.07, 6.45) is 4.77. The smallest absolute Gasteiger partial charge is 0.253 e. The van der Waals surface area contributed by atoms with Crippen molar-refractivity contribution in [3.05, 3.63) is 65.7 Å². The van der Waals surface area contributed by atoms with Crippen LogP contribution < -0.4 is 10.1 Å². The molecule has 0 fully saturated rings. The van der Waals surface area contributed by atoms with Crippen LogP contribution in [0.15, 0.2) is 48.9 Å². The molecular weight excluding hydrogens is 358 g/mol. The van der Waals surface area contributed by atoms with Crippen LogP contribution >= 0.6 is 0 Å². The number of hydrogen-bond donors (Lipinski definition) is 1. The summed E-state index contributed by atoms with van der Waals surface area (Å²) < 4.78 is 7.36. The number of nitrogens with one attached hydrogen (secondary N) is 1. The van der Waals surface area contributed by atoms with Crippen molar-refractivity contribution in [3.8, 4) is 11.6 Å². The molecule has 0 saturated carbocycles. The van der Waals surface area contributed by atoms with E-state index in [0.717, 1.165) is 11.3 Å². The molecule has 9 nitrogen and oxygen atoms in total. The standard InChI is InChI=1S/C19H17N7O2/c1-12-5-6-15(11-21-12)28-19-13(4-3-7-20-19)9-23-18(27)14-8-16-17(22-10-14)26(2)25-24-16/h3-8,10-11H,9H2,1-2H3,(H,23,27). The number of aryl methyl sites for hydroxylation is 2. The normalized spacial score (nSPS) is 10.8. The molecule has 28 heavy (non-hydrogen) atoms. The summed E-state index contributed by atoms with van der Waals surface area (Å²) in [4.78, 5) is 25.2. The minimum atomic E-state index is -0.271. The monoisotopic (exact) mass is 375 g/mol. The van der Waals surface area contributed by atoms with Crippen LogP contribution in [0.25, 0.3) is 11.2 Å². The van der Waals surface area contributed by atoms with Crippen LogP contribution in [0, 0.1) is 6.92 Å². The van der Waals surface area contributed by atoms with Crippen molar-refractivity contribution in [3.63, 3.8) is 0 Å². The van der Waals surface area contributed by atoms with Crippen LogP contribution in [0.2, 0.25) is 0 Å². The van der Waals surface area contributed by atoms with E-state index < -0.39 is 0 Å². The van der Waals surface area contributed by atoms with Gasteiger partial charge in [0.15, 0.2) is 5.65 Å². The van der Waals surface area contributed by atoms with Gasteiger partial charge in [-0.15, -0.1) is 5.10 Å². The molecule has 0 aliphatic carbocycles. The number of fused-ring (bicyclic) bond motifs is 1. The summed E-state index contributed by atoms with van der Waals surface area (Å²) in [5.74, 6) is 0.719. The number of carbonyl (C=O) groups is 1. The largest absolute Gasteiger partial charge is 0.437 e. The topological polar surface area (TPSA) is 108 Å². The molecule has 4 aromatic rings. The molecular formula is C19H17N7O2. The first-order chi connectivity index (χ1) is 13.6. The fourth-order valence-electron chi connectivity index (χ4n) is 2.61. The maximum Gasteiger partial charge on any atom is 0.253 e. The van der Waals surface area contributed by atoms with E-state index in [1.54, 1.807) is 36.3 Å². The molecule has 0 atom stereocenters. The number of carbonyl (C=O) groups excluding carboxylic acids is 1. The molecule has 9 heteroatoms. The number of ether oxygens (including phenoxy) is 1. The molecule has 1 N–H and O–H groups in total. The number of hydrogen-bond acceptors (Lipinski definition) is 7. The third-order valence-corrected chi connectivity index (χ3v) is 4.09. The van der Waals surface area contributed by atoms with Crippen LogP contribution in [-0.2, 0) is 13.6 Å². The van der Waals surface area contributed by atoms with Gasteiger partial charge in [-0.05, 0) is 31.2 Å². The fraction of sp³-hybridized carbons (Fsp3) is 0.158. The van der Waals surface area contributed by atoms with Crippen molar-refractivity contribution in [1.29, 1.82) is 0 Å². The predicted molar refractivity (Wildman–Crippen MR) is 101 cm³/mol. The summed E-state index contributed by atoms with van der Waals surface area (Å²) in [6.45, 7) is 2.15. The van der Waals surface area contributed by atoms with Crippen LogP contribution in [0.3, 0.4) is 0 Å². The zero-order valence-electron chi connectivity index (χ0n) is 15.3. The van der Waals surface area contributed by atoms with Crippen molar-refractivity contribution in [2.75, 3.05) is 0 Å². The van der Waals surface area contributed by atoms with Gasteiger partial charge in [-0.25, -0.2) is 14.6 Å². The minimum Gasteiger partial charge on any atom is -0.437 e. The van der Waals surface area contributed by atoms with Gasteiger partial charge in [0.05, 0.1) is 11.8 Å². The zero-order valence-corrected chi connectivity index (χ0v) is 15.3. The van der Waals surface area contributed by atoms with Gasteiger partial charge in [-0.3, -0.25) is 9.78 Å². The molecule has 4 rings (SSSR count). The Morgan fingerprint density at radius 2 is 2.07 bits per heavy atom. The summed E-state index contributed by atoms with van der Waals surface area (Å²) in [6, 6.07) is 8.96. The Bertz CT molecular complexity index is 1140. The second kappa shape index (κ2) is 7.39. The number of aromatic nitrogens is 6. The molecule has 0 saturated heterocycles. The average molecular weight is 375 g/mol. The first-order valence-corrected chi connectivity index (χ1v) is 8.58. The lowest BCUT2D eigenvalue weighted by Crippen LogP contribution is -2.23. The van der Waals surface area contributed by atoms with Gasteiger partial charge in [0.25, 0.3) is 5.91 Å². The Kier molecular flexibility index (Phi) is 4.63. The molecule has 0 spiro atoms. The molecule has 0 aliphatic heterocycles. The van der Waals surface area contributed by atoms with E-state index >= 15 is 0 Å². The maximum atomic E-state index is 12.5. The molecule has 4 aromatic heterocycles. The third-order valence-electron chi connectivity index (χ3n) is 4.09. The fourth-order valence-corrected chi connectivity index (χ4v) is 2.61. The van der Waals surface area contributed by atoms with E-state index in [0.29, 0.717) is 28.4 Å². The summed E-state index contributed by atoms with van der Waals surface area (Å²) in [5.41, 5.74) is 3.22. The van der Waals surface area contributed by atoms with Crippen molar-refractivity contribution in [2.45, 2.75) is 13.5 Å². The Morgan fingerprint density at radius 3 is 2.89 bits per heavy atom. The minimum absolute atomic E-state index is 0.250. The number of nitrogens with zero attached hydrogens (tertiary/aromatic N) is 6. The highest BCUT2D eigenvalue weighted by Crippen LogP contribution is 2.22. The number of pyridine rings is 3. The van der Waals surface area contributed by atoms with Gasteiger partial charge in [0.2, 0.25) is 5.88 Å². The van der Waals surface area contributed by atoms with Gasteiger partial charge >= 0.3 is 0 Å². The predicted octanol–water partition coefficient (Wildman–Crippen LogP) is 2.18. The lowest BCUT2D eigenvalue weighted by molar-refractivity contribution is 0.0950. The van der Waals surface area contributed by atoms with Gasteiger partial charge < -0.3 is 10.1 Å². The highest BCUT2D eigenvalue weighted by Gasteiger charge is 2.12. The van der Waals surface area contributed by atoms with E-state index in [1.807, 2.05) is 25.1 Å². The van der Waals surface area contributed by atoms with Gasteiger partial charge in [0.1, 0.15) is 11.3 Å². The van der Waals surface area contributed by atoms with Crippen molar-refractivity contribution in [1.82, 2.24) is 35.3 Å². The lowest BCUT2D eigenvalue weighted by Gasteiger charge is -2.11. The molecule has 140 valence electrons. The molecule has 1 amide bonds. The second-order valence-corrected chi connectivity index (χ2v) is 6.17. The Balaban J connectivity index is 1.48. The molecule has 0 bridgehead atoms. The third kappa shape index (κ3) is 3.63. The van der Waals surface area contributed by atoms with E-state index in [2.05, 4.69) is 30.6 Å². The Morgan fingerprint density at radius 1 is 1.18 bits per heavy atom. The van der Waals surface area contributed by atoms with Crippen molar-refractivity contribution < 1.29 is 9.53 Å². The highest BCUT2D eigenvalue weighted by atomic mass is 16.5. The number of amides is 1. The quantitative estimate of drug-likeness (QED) is 0.569. The van der Waals surface area contributed by atoms with E-state index in [-0.39, 0.29) is 12.5 Å². The average Bonchev–Trinajstić information content (AvgIpc) is 3.09. The molecule has 0 unspecified atom stereocenters. The van der Waals surface area contributed by atoms with Gasteiger partial charge in [-0.2, -0.15) is 0 Å². The first kappa shape index (κ1) is 17.5. The highest BCUT2D eigenvalue weighted by molar-refractivity contribution is 5.96. The molecule has 0 aliphatic rings. The number of rotatable bonds is 5. The van der Waals surface area contributed by atoms with E-state index in [4.69, 9.17) is 4.74 Å². The maximum absolute atomic E-state index is 12.5. The first-order valence-electron chi connectivity index (χ1n) is 8.58. The van der Waals surface area contributed by atoms with Gasteiger partial charge in [-0.1, -0.05) is 11.3 Å². The molecule has 0 aromatic carbocycles. The van der Waals surface area contributed by atoms with Crippen molar-refractivity contribution in [2.24, 2.45) is 7.05 Å². The Hall–Kier alpha value is -3.88. The summed E-state index contributed by atoms with van der Waals surface area (Å²) in [5, 5.41) is 10.7. The van der Waals surface area contributed by atoms with E-state index in [9.17, 15) is 4.79 Å². The van der Waals surface area contributed by atoms with Crippen LogP contribution in [-0.4, -0.2) is 35.9 Å². The zero-order chi connectivity index (χ0) is 19.5. The Labute approximate surface area is 160 Å². The van der Waals surface area contributed by atoms with E-state index in [1.165, 1.54) is 6.20 Å². The molecule has 0 radical (unpaired) electrons. The van der Waals surface area contributed by atoms with Gasteiger partial charge in [0, 0.05) is 37.2 Å². The van der Waals surface area contributed by atoms with Crippen molar-refractivity contribution >= 4 is 17.1 Å². The summed E-state index contributed by atoms with van der Waals surface area (Å²) in [7, 11) is 1.75. The van der Waals surface area contributed by atoms with Crippen LogP contribution in [0.1, 0.15) is 21.6 Å². The van der Waals surface area contributed by atoms with Crippen LogP contribution in [0.5, 0.6) is 11.6 Å². The second-order valence-electron chi connectivity index (χ2n) is 6.17. The summed E-state index contributed by atoms with van der Waals surface area (Å²) >= 11 is 0. The lowest BCUT2D eigenvalue weighted by atomic mass is 10.2.